The summed E-state index contributed by atoms with van der Waals surface area (Å²) in [4.78, 5) is 2.66. The number of aryl methyl sites for hydroxylation is 1. The molecular weight excluding hydrogens is 532 g/mol. The van der Waals surface area contributed by atoms with Crippen LogP contribution in [0.3, 0.4) is 0 Å². The Balaban J connectivity index is 1.43. The molecule has 7 nitrogen and oxygen atoms in total. The minimum Gasteiger partial charge on any atom is -0.490 e. The lowest BCUT2D eigenvalue weighted by Crippen LogP contribution is -2.50. The lowest BCUT2D eigenvalue weighted by molar-refractivity contribution is -0.00166. The van der Waals surface area contributed by atoms with Crippen LogP contribution in [-0.4, -0.2) is 70.2 Å². The zero-order valence-corrected chi connectivity index (χ0v) is 22.9. The molecule has 2 aliphatic heterocycles. The molecule has 0 bridgehead atoms. The number of alkyl halides is 1. The van der Waals surface area contributed by atoms with Gasteiger partial charge in [-0.25, -0.2) is 8.42 Å². The molecule has 2 aromatic carbocycles. The van der Waals surface area contributed by atoms with Crippen molar-refractivity contribution in [3.8, 4) is 5.75 Å². The number of hydrogen-bond donors (Lipinski definition) is 0. The average molecular weight is 568 g/mol. The van der Waals surface area contributed by atoms with Gasteiger partial charge in [0, 0.05) is 38.2 Å². The number of fused-ring (bicyclic) bond motifs is 1. The number of nitrogens with zero attached hydrogens (tertiary/aromatic N) is 2. The molecule has 0 amide bonds. The maximum absolute atomic E-state index is 13.4. The third-order valence-electron chi connectivity index (χ3n) is 6.66. The molecular formula is C26H35BrN2O5S. The summed E-state index contributed by atoms with van der Waals surface area (Å²) in [6.07, 6.45) is 2.38. The zero-order valence-electron chi connectivity index (χ0n) is 20.5. The smallest absolute Gasteiger partial charge is 0.243 e. The van der Waals surface area contributed by atoms with E-state index in [1.165, 1.54) is 0 Å². The van der Waals surface area contributed by atoms with Crippen LogP contribution in [-0.2, 0) is 26.1 Å². The van der Waals surface area contributed by atoms with Crippen LogP contribution in [0.25, 0.3) is 0 Å². The number of hydrogen-bond acceptors (Lipinski definition) is 6. The highest BCUT2D eigenvalue weighted by Crippen LogP contribution is 2.33. The van der Waals surface area contributed by atoms with Crippen LogP contribution in [0.2, 0.25) is 0 Å². The molecule has 0 N–H and O–H groups in total. The van der Waals surface area contributed by atoms with E-state index in [2.05, 4.69) is 26.9 Å². The first-order valence-electron chi connectivity index (χ1n) is 12.2. The van der Waals surface area contributed by atoms with Crippen molar-refractivity contribution in [3.63, 3.8) is 0 Å². The molecule has 2 aliphatic rings. The van der Waals surface area contributed by atoms with E-state index in [9.17, 15) is 8.42 Å². The van der Waals surface area contributed by atoms with E-state index in [0.717, 1.165) is 61.5 Å². The first-order chi connectivity index (χ1) is 16.9. The van der Waals surface area contributed by atoms with Crippen molar-refractivity contribution < 1.29 is 22.6 Å². The lowest BCUT2D eigenvalue weighted by atomic mass is 10.0. The predicted octanol–water partition coefficient (Wildman–Crippen LogP) is 4.36. The monoisotopic (exact) mass is 566 g/mol. The minimum absolute atomic E-state index is 0.0808. The van der Waals surface area contributed by atoms with Crippen LogP contribution in [0.5, 0.6) is 5.75 Å². The average Bonchev–Trinajstić information content (AvgIpc) is 2.88. The van der Waals surface area contributed by atoms with Gasteiger partial charge in [0.15, 0.2) is 0 Å². The van der Waals surface area contributed by atoms with Crippen molar-refractivity contribution in [2.45, 2.75) is 49.8 Å². The molecule has 35 heavy (non-hydrogen) atoms. The maximum atomic E-state index is 13.4. The van der Waals surface area contributed by atoms with Gasteiger partial charge in [-0.3, -0.25) is 0 Å². The summed E-state index contributed by atoms with van der Waals surface area (Å²) in [5, 5.41) is 0.606. The molecule has 0 unspecified atom stereocenters. The molecule has 0 aliphatic carbocycles. The normalized spacial score (nSPS) is 20.9. The Morgan fingerprint density at radius 3 is 2.69 bits per heavy atom. The van der Waals surface area contributed by atoms with Crippen molar-refractivity contribution in [2.24, 2.45) is 0 Å². The van der Waals surface area contributed by atoms with Crippen molar-refractivity contribution in [1.82, 2.24) is 4.31 Å². The molecule has 192 valence electrons. The fourth-order valence-corrected chi connectivity index (χ4v) is 7.20. The van der Waals surface area contributed by atoms with Crippen LogP contribution in [0.1, 0.15) is 30.4 Å². The highest BCUT2D eigenvalue weighted by atomic mass is 79.9. The molecule has 0 aromatic heterocycles. The van der Waals surface area contributed by atoms with E-state index in [1.54, 1.807) is 23.5 Å². The standard InChI is InChI=1S/C26H35BrN2O5S/c1-20-4-9-24(10-5-20)35(30,31)29-18-23(8-7-22(29)17-27)34-19-21-6-11-26-25(16-21)28(13-15-33-26)12-3-14-32-2/h4-6,9-11,16,22-23H,3,7-8,12-15,17-19H2,1-2H3/t22-,23+/m0/s1. The summed E-state index contributed by atoms with van der Waals surface area (Å²) < 4.78 is 45.8. The molecule has 0 radical (unpaired) electrons. The van der Waals surface area contributed by atoms with Crippen LogP contribution in [0, 0.1) is 6.92 Å². The second-order valence-corrected chi connectivity index (χ2v) is 11.7. The van der Waals surface area contributed by atoms with Crippen LogP contribution < -0.4 is 9.64 Å². The topological polar surface area (TPSA) is 68.3 Å². The van der Waals surface area contributed by atoms with Gasteiger partial charge in [-0.2, -0.15) is 4.31 Å². The van der Waals surface area contributed by atoms with Crippen molar-refractivity contribution >= 4 is 31.6 Å². The number of benzene rings is 2. The number of anilines is 1. The lowest BCUT2D eigenvalue weighted by Gasteiger charge is -2.38. The van der Waals surface area contributed by atoms with E-state index in [-0.39, 0.29) is 12.1 Å². The number of methoxy groups -OCH3 is 1. The number of rotatable bonds is 10. The maximum Gasteiger partial charge on any atom is 0.243 e. The predicted molar refractivity (Wildman–Crippen MR) is 141 cm³/mol. The molecule has 2 atom stereocenters. The Morgan fingerprint density at radius 1 is 1.14 bits per heavy atom. The molecule has 9 heteroatoms. The Bertz CT molecular complexity index is 1080. The van der Waals surface area contributed by atoms with Gasteiger partial charge in [0.25, 0.3) is 0 Å². The summed E-state index contributed by atoms with van der Waals surface area (Å²) in [5.74, 6) is 0.894. The molecule has 4 rings (SSSR count). The van der Waals surface area contributed by atoms with Gasteiger partial charge in [-0.1, -0.05) is 39.7 Å². The van der Waals surface area contributed by atoms with Crippen LogP contribution >= 0.6 is 15.9 Å². The third-order valence-corrected chi connectivity index (χ3v) is 9.34. The minimum atomic E-state index is -3.60. The van der Waals surface area contributed by atoms with Gasteiger partial charge < -0.3 is 19.1 Å². The third kappa shape index (κ3) is 6.38. The molecule has 1 saturated heterocycles. The summed E-state index contributed by atoms with van der Waals surface area (Å²) in [5.41, 5.74) is 3.18. The number of ether oxygens (including phenoxy) is 3. The first-order valence-corrected chi connectivity index (χ1v) is 14.7. The number of halogens is 1. The quantitative estimate of drug-likeness (QED) is 0.314. The Morgan fingerprint density at radius 2 is 1.94 bits per heavy atom. The molecule has 0 spiro atoms. The summed E-state index contributed by atoms with van der Waals surface area (Å²) in [6.45, 7) is 5.91. The summed E-state index contributed by atoms with van der Waals surface area (Å²) >= 11 is 3.52. The van der Waals surface area contributed by atoms with Gasteiger partial charge in [-0.05, 0) is 56.0 Å². The molecule has 0 saturated carbocycles. The Hall–Kier alpha value is -1.65. The molecule has 1 fully saturated rings. The second-order valence-electron chi connectivity index (χ2n) is 9.19. The zero-order chi connectivity index (χ0) is 24.8. The highest BCUT2D eigenvalue weighted by Gasteiger charge is 2.37. The van der Waals surface area contributed by atoms with E-state index < -0.39 is 10.0 Å². The summed E-state index contributed by atoms with van der Waals surface area (Å²) in [7, 11) is -1.87. The highest BCUT2D eigenvalue weighted by molar-refractivity contribution is 9.09. The second kappa shape index (κ2) is 12.1. The van der Waals surface area contributed by atoms with Gasteiger partial charge in [0.2, 0.25) is 10.0 Å². The van der Waals surface area contributed by atoms with Crippen LogP contribution in [0.4, 0.5) is 5.69 Å². The van der Waals surface area contributed by atoms with E-state index in [1.807, 2.05) is 31.2 Å². The van der Waals surface area contributed by atoms with Crippen LogP contribution in [0.15, 0.2) is 47.4 Å². The van der Waals surface area contributed by atoms with E-state index in [4.69, 9.17) is 14.2 Å². The van der Waals surface area contributed by atoms with Gasteiger partial charge in [0.1, 0.15) is 12.4 Å². The number of sulfonamides is 1. The van der Waals surface area contributed by atoms with E-state index in [0.29, 0.717) is 30.0 Å². The van der Waals surface area contributed by atoms with Gasteiger partial charge >= 0.3 is 0 Å². The summed E-state index contributed by atoms with van der Waals surface area (Å²) in [6, 6.07) is 13.1. The molecule has 2 aromatic rings. The Labute approximate surface area is 217 Å². The SMILES string of the molecule is COCCCN1CCOc2ccc(CO[C@@H]3CC[C@@H](CBr)N(S(=O)(=O)c4ccc(C)cc4)C3)cc21. The van der Waals surface area contributed by atoms with E-state index >= 15 is 0 Å². The molecule has 2 heterocycles. The fraction of sp³-hybridized carbons (Fsp3) is 0.538. The number of piperidine rings is 1. The van der Waals surface area contributed by atoms with Crippen molar-refractivity contribution in [3.05, 3.63) is 53.6 Å². The Kier molecular flexibility index (Phi) is 9.10. The largest absolute Gasteiger partial charge is 0.490 e. The first kappa shape index (κ1) is 26.4. The van der Waals surface area contributed by atoms with Gasteiger partial charge in [0.05, 0.1) is 29.8 Å². The van der Waals surface area contributed by atoms with Crippen molar-refractivity contribution in [2.75, 3.05) is 50.2 Å². The van der Waals surface area contributed by atoms with Crippen molar-refractivity contribution in [1.29, 1.82) is 0 Å². The van der Waals surface area contributed by atoms with Gasteiger partial charge in [-0.15, -0.1) is 0 Å². The fourth-order valence-electron chi connectivity index (χ4n) is 4.65.